The summed E-state index contributed by atoms with van der Waals surface area (Å²) in [6, 6.07) is 4.12. The van der Waals surface area contributed by atoms with Gasteiger partial charge in [-0.25, -0.2) is 0 Å². The van der Waals surface area contributed by atoms with Crippen LogP contribution in [0, 0.1) is 5.92 Å². The molecule has 1 aromatic rings. The van der Waals surface area contributed by atoms with E-state index in [1.807, 2.05) is 11.0 Å². The van der Waals surface area contributed by atoms with Crippen LogP contribution < -0.4 is 9.47 Å². The quantitative estimate of drug-likeness (QED) is 0.826. The molecule has 0 spiro atoms. The van der Waals surface area contributed by atoms with E-state index in [2.05, 4.69) is 11.9 Å². The maximum Gasteiger partial charge on any atom is 0.227 e. The first-order chi connectivity index (χ1) is 11.1. The summed E-state index contributed by atoms with van der Waals surface area (Å²) in [6.45, 7) is 3.92. The highest BCUT2D eigenvalue weighted by Crippen LogP contribution is 2.36. The second-order valence-electron chi connectivity index (χ2n) is 6.66. The second kappa shape index (κ2) is 5.87. The van der Waals surface area contributed by atoms with Gasteiger partial charge in [0.15, 0.2) is 11.5 Å². The number of likely N-dealkylation sites (tertiary alicyclic amines) is 2. The van der Waals surface area contributed by atoms with Crippen molar-refractivity contribution >= 4 is 17.5 Å². The Morgan fingerprint density at radius 3 is 2.74 bits per heavy atom. The van der Waals surface area contributed by atoms with Gasteiger partial charge in [-0.1, -0.05) is 11.6 Å². The summed E-state index contributed by atoms with van der Waals surface area (Å²) in [6.07, 6.45) is 1.51. The highest BCUT2D eigenvalue weighted by atomic mass is 35.5. The molecule has 3 aliphatic heterocycles. The van der Waals surface area contributed by atoms with E-state index in [1.165, 1.54) is 6.42 Å². The Bertz CT molecular complexity index is 637. The summed E-state index contributed by atoms with van der Waals surface area (Å²) in [4.78, 5) is 17.0. The lowest BCUT2D eigenvalue weighted by Crippen LogP contribution is -2.35. The van der Waals surface area contributed by atoms with Crippen molar-refractivity contribution in [3.8, 4) is 11.5 Å². The van der Waals surface area contributed by atoms with Gasteiger partial charge in [-0.3, -0.25) is 4.79 Å². The molecule has 2 atom stereocenters. The number of likely N-dealkylation sites (N-methyl/N-ethyl adjacent to an activating group) is 1. The number of halogens is 1. The largest absolute Gasteiger partial charge is 0.486 e. The number of benzene rings is 1. The van der Waals surface area contributed by atoms with Crippen molar-refractivity contribution in [2.24, 2.45) is 5.92 Å². The number of carbonyl (C=O) groups excluding carboxylic acids is 1. The molecule has 3 aliphatic rings. The van der Waals surface area contributed by atoms with Crippen LogP contribution in [-0.4, -0.2) is 61.6 Å². The SMILES string of the molecule is CN1CC[C@@H]2CN(C(=O)Cc3cc4c(cc3Cl)OCCO4)C[C@@H]21. The van der Waals surface area contributed by atoms with Crippen molar-refractivity contribution < 1.29 is 14.3 Å². The smallest absolute Gasteiger partial charge is 0.227 e. The summed E-state index contributed by atoms with van der Waals surface area (Å²) >= 11 is 6.32. The van der Waals surface area contributed by atoms with Gasteiger partial charge in [-0.2, -0.15) is 0 Å². The summed E-state index contributed by atoms with van der Waals surface area (Å²) in [7, 11) is 2.15. The minimum absolute atomic E-state index is 0.145. The third kappa shape index (κ3) is 2.76. The van der Waals surface area contributed by atoms with E-state index in [-0.39, 0.29) is 5.91 Å². The fourth-order valence-electron chi connectivity index (χ4n) is 3.89. The molecule has 6 heteroatoms. The van der Waals surface area contributed by atoms with Gasteiger partial charge in [0.25, 0.3) is 0 Å². The Kier molecular flexibility index (Phi) is 3.85. The van der Waals surface area contributed by atoms with Crippen LogP contribution in [0.4, 0.5) is 0 Å². The zero-order valence-corrected chi connectivity index (χ0v) is 14.0. The van der Waals surface area contributed by atoms with Crippen molar-refractivity contribution in [1.82, 2.24) is 9.80 Å². The van der Waals surface area contributed by atoms with E-state index < -0.39 is 0 Å². The number of hydrogen-bond acceptors (Lipinski definition) is 4. The number of amides is 1. The van der Waals surface area contributed by atoms with E-state index in [4.69, 9.17) is 21.1 Å². The van der Waals surface area contributed by atoms with Crippen LogP contribution >= 0.6 is 11.6 Å². The van der Waals surface area contributed by atoms with Crippen molar-refractivity contribution in [2.75, 3.05) is 39.9 Å². The van der Waals surface area contributed by atoms with Crippen LogP contribution in [0.1, 0.15) is 12.0 Å². The van der Waals surface area contributed by atoms with Crippen molar-refractivity contribution in [2.45, 2.75) is 18.9 Å². The first-order valence-corrected chi connectivity index (χ1v) is 8.55. The fraction of sp³-hybridized carbons (Fsp3) is 0.588. The van der Waals surface area contributed by atoms with Gasteiger partial charge >= 0.3 is 0 Å². The lowest BCUT2D eigenvalue weighted by molar-refractivity contribution is -0.129. The molecule has 5 nitrogen and oxygen atoms in total. The number of carbonyl (C=O) groups is 1. The predicted octanol–water partition coefficient (Wildman–Crippen LogP) is 1.82. The molecule has 0 saturated carbocycles. The first kappa shape index (κ1) is 15.1. The van der Waals surface area contributed by atoms with Gasteiger partial charge < -0.3 is 19.3 Å². The number of nitrogens with zero attached hydrogens (tertiary/aromatic N) is 2. The highest BCUT2D eigenvalue weighted by Gasteiger charge is 2.41. The average molecular weight is 337 g/mol. The molecule has 0 aliphatic carbocycles. The monoisotopic (exact) mass is 336 g/mol. The molecule has 23 heavy (non-hydrogen) atoms. The summed E-state index contributed by atoms with van der Waals surface area (Å²) in [5, 5.41) is 0.569. The molecule has 3 heterocycles. The minimum Gasteiger partial charge on any atom is -0.486 e. The molecule has 0 N–H and O–H groups in total. The first-order valence-electron chi connectivity index (χ1n) is 8.18. The van der Waals surface area contributed by atoms with Crippen LogP contribution in [0.3, 0.4) is 0 Å². The van der Waals surface area contributed by atoms with Crippen molar-refractivity contribution in [1.29, 1.82) is 0 Å². The Balaban J connectivity index is 1.47. The second-order valence-corrected chi connectivity index (χ2v) is 7.07. The van der Waals surface area contributed by atoms with Gasteiger partial charge in [-0.05, 0) is 37.6 Å². The predicted molar refractivity (Wildman–Crippen MR) is 87.3 cm³/mol. The van der Waals surface area contributed by atoms with Crippen LogP contribution in [0.15, 0.2) is 12.1 Å². The molecule has 0 aromatic heterocycles. The molecule has 124 valence electrons. The molecular weight excluding hydrogens is 316 g/mol. The van der Waals surface area contributed by atoms with Gasteiger partial charge in [0.05, 0.1) is 6.42 Å². The molecule has 1 amide bonds. The van der Waals surface area contributed by atoms with Crippen LogP contribution in [-0.2, 0) is 11.2 Å². The molecule has 2 saturated heterocycles. The average Bonchev–Trinajstić information content (AvgIpc) is 3.10. The summed E-state index contributed by atoms with van der Waals surface area (Å²) in [5.74, 6) is 2.11. The zero-order chi connectivity index (χ0) is 16.0. The van der Waals surface area contributed by atoms with Crippen LogP contribution in [0.25, 0.3) is 0 Å². The molecule has 0 unspecified atom stereocenters. The molecule has 2 fully saturated rings. The maximum atomic E-state index is 12.6. The molecule has 0 radical (unpaired) electrons. The molecular formula is C17H21ClN2O3. The number of rotatable bonds is 2. The van der Waals surface area contributed by atoms with Crippen molar-refractivity contribution in [3.63, 3.8) is 0 Å². The van der Waals surface area contributed by atoms with Crippen LogP contribution in [0.5, 0.6) is 11.5 Å². The van der Waals surface area contributed by atoms with Gasteiger partial charge in [0, 0.05) is 30.2 Å². The Morgan fingerprint density at radius 1 is 1.26 bits per heavy atom. The van der Waals surface area contributed by atoms with Gasteiger partial charge in [-0.15, -0.1) is 0 Å². The third-order valence-corrected chi connectivity index (χ3v) is 5.58. The summed E-state index contributed by atoms with van der Waals surface area (Å²) < 4.78 is 11.1. The van der Waals surface area contributed by atoms with E-state index in [9.17, 15) is 4.79 Å². The fourth-order valence-corrected chi connectivity index (χ4v) is 4.11. The lowest BCUT2D eigenvalue weighted by Gasteiger charge is -2.22. The van der Waals surface area contributed by atoms with Crippen LogP contribution in [0.2, 0.25) is 5.02 Å². The van der Waals surface area contributed by atoms with E-state index in [0.29, 0.717) is 48.1 Å². The molecule has 0 bridgehead atoms. The number of hydrogen-bond donors (Lipinski definition) is 0. The Morgan fingerprint density at radius 2 is 2.00 bits per heavy atom. The maximum absolute atomic E-state index is 12.6. The minimum atomic E-state index is 0.145. The normalized spacial score (nSPS) is 26.4. The van der Waals surface area contributed by atoms with Gasteiger partial charge in [0.1, 0.15) is 13.2 Å². The van der Waals surface area contributed by atoms with E-state index in [1.54, 1.807) is 6.07 Å². The Labute approximate surface area is 141 Å². The molecule has 1 aromatic carbocycles. The highest BCUT2D eigenvalue weighted by molar-refractivity contribution is 6.31. The number of fused-ring (bicyclic) bond motifs is 2. The number of ether oxygens (including phenoxy) is 2. The van der Waals surface area contributed by atoms with Crippen molar-refractivity contribution in [3.05, 3.63) is 22.7 Å². The van der Waals surface area contributed by atoms with E-state index in [0.717, 1.165) is 25.2 Å². The van der Waals surface area contributed by atoms with E-state index >= 15 is 0 Å². The Hall–Kier alpha value is -1.46. The summed E-state index contributed by atoms with van der Waals surface area (Å²) in [5.41, 5.74) is 0.811. The topological polar surface area (TPSA) is 42.0 Å². The third-order valence-electron chi connectivity index (χ3n) is 5.23. The zero-order valence-electron chi connectivity index (χ0n) is 13.3. The van der Waals surface area contributed by atoms with Gasteiger partial charge in [0.2, 0.25) is 5.91 Å². The standard InChI is InChI=1S/C17H21ClN2O3/c1-19-3-2-11-9-20(10-14(11)19)17(21)7-12-6-15-16(8-13(12)18)23-5-4-22-15/h6,8,11,14H,2-5,7,9-10H2,1H3/t11-,14+/m1/s1. The molecule has 4 rings (SSSR count). The lowest BCUT2D eigenvalue weighted by atomic mass is 10.1.